The zero-order valence-electron chi connectivity index (χ0n) is 11.5. The van der Waals surface area contributed by atoms with Crippen molar-refractivity contribution in [3.8, 4) is 11.4 Å². The molecule has 1 aliphatic heterocycles. The molecule has 2 aromatic rings. The van der Waals surface area contributed by atoms with Crippen LogP contribution in [0, 0.1) is 0 Å². The highest BCUT2D eigenvalue weighted by atomic mass is 19.4. The average molecular weight is 310 g/mol. The summed E-state index contributed by atoms with van der Waals surface area (Å²) < 4.78 is 39.2. The van der Waals surface area contributed by atoms with Crippen LogP contribution in [-0.2, 0) is 11.0 Å². The number of hydrogen-bond donors (Lipinski definition) is 0. The Kier molecular flexibility index (Phi) is 3.93. The van der Waals surface area contributed by atoms with Crippen molar-refractivity contribution in [1.29, 1.82) is 0 Å². The van der Waals surface area contributed by atoms with Gasteiger partial charge < -0.3 is 0 Å². The summed E-state index contributed by atoms with van der Waals surface area (Å²) >= 11 is 0. The standard InChI is InChI=1S/C14H13F3N4O/c15-14(16,17)11-8-12(21-6-1-2-7-22-21)20-13(19-11)10-4-3-5-18-9-10/h3-5,8-9H,1-2,6-7H2. The van der Waals surface area contributed by atoms with Crippen molar-refractivity contribution < 1.29 is 18.0 Å². The van der Waals surface area contributed by atoms with E-state index >= 15 is 0 Å². The monoisotopic (exact) mass is 310 g/mol. The molecule has 22 heavy (non-hydrogen) atoms. The van der Waals surface area contributed by atoms with Gasteiger partial charge in [-0.1, -0.05) is 0 Å². The number of nitrogens with zero attached hydrogens (tertiary/aromatic N) is 4. The van der Waals surface area contributed by atoms with Gasteiger partial charge in [0, 0.05) is 30.6 Å². The maximum atomic E-state index is 13.1. The first-order valence-corrected chi connectivity index (χ1v) is 6.81. The normalized spacial score (nSPS) is 15.9. The van der Waals surface area contributed by atoms with Gasteiger partial charge in [-0.15, -0.1) is 0 Å². The second-order valence-electron chi connectivity index (χ2n) is 4.82. The molecule has 0 N–H and O–H groups in total. The lowest BCUT2D eigenvalue weighted by Crippen LogP contribution is -2.31. The van der Waals surface area contributed by atoms with E-state index in [1.54, 1.807) is 12.1 Å². The molecule has 0 spiro atoms. The highest BCUT2D eigenvalue weighted by molar-refractivity contribution is 5.56. The van der Waals surface area contributed by atoms with E-state index in [-0.39, 0.29) is 11.6 Å². The minimum Gasteiger partial charge on any atom is -0.272 e. The minimum atomic E-state index is -4.55. The molecule has 0 atom stereocenters. The van der Waals surface area contributed by atoms with Crippen molar-refractivity contribution in [3.05, 3.63) is 36.3 Å². The second kappa shape index (κ2) is 5.88. The van der Waals surface area contributed by atoms with Crippen molar-refractivity contribution in [1.82, 2.24) is 15.0 Å². The molecule has 0 amide bonds. The summed E-state index contributed by atoms with van der Waals surface area (Å²) in [6.07, 6.45) is 0.128. The molecule has 3 heterocycles. The Bertz CT molecular complexity index is 642. The van der Waals surface area contributed by atoms with Gasteiger partial charge in [-0.2, -0.15) is 13.2 Å². The quantitative estimate of drug-likeness (QED) is 0.853. The largest absolute Gasteiger partial charge is 0.433 e. The van der Waals surface area contributed by atoms with Crippen LogP contribution in [0.15, 0.2) is 30.6 Å². The van der Waals surface area contributed by atoms with Gasteiger partial charge >= 0.3 is 6.18 Å². The molecule has 0 unspecified atom stereocenters. The smallest absolute Gasteiger partial charge is 0.272 e. The van der Waals surface area contributed by atoms with Crippen molar-refractivity contribution in [2.45, 2.75) is 19.0 Å². The number of aromatic nitrogens is 3. The molecule has 1 saturated heterocycles. The highest BCUT2D eigenvalue weighted by Gasteiger charge is 2.34. The second-order valence-corrected chi connectivity index (χ2v) is 4.82. The Morgan fingerprint density at radius 1 is 1.18 bits per heavy atom. The molecule has 8 heteroatoms. The van der Waals surface area contributed by atoms with E-state index in [1.165, 1.54) is 17.5 Å². The maximum Gasteiger partial charge on any atom is 0.433 e. The lowest BCUT2D eigenvalue weighted by molar-refractivity contribution is -0.141. The lowest BCUT2D eigenvalue weighted by atomic mass is 10.2. The van der Waals surface area contributed by atoms with Gasteiger partial charge in [-0.25, -0.2) is 15.0 Å². The molecule has 0 bridgehead atoms. The summed E-state index contributed by atoms with van der Waals surface area (Å²) in [5, 5.41) is 1.39. The van der Waals surface area contributed by atoms with Crippen LogP contribution in [0.2, 0.25) is 0 Å². The topological polar surface area (TPSA) is 51.1 Å². The Balaban J connectivity index is 2.06. The van der Waals surface area contributed by atoms with E-state index in [9.17, 15) is 13.2 Å². The highest BCUT2D eigenvalue weighted by Crippen LogP contribution is 2.32. The fourth-order valence-electron chi connectivity index (χ4n) is 2.11. The first-order chi connectivity index (χ1) is 10.5. The Hall–Kier alpha value is -2.22. The number of halogens is 3. The third-order valence-corrected chi connectivity index (χ3v) is 3.18. The molecule has 0 aliphatic carbocycles. The fourth-order valence-corrected chi connectivity index (χ4v) is 2.11. The molecule has 0 saturated carbocycles. The van der Waals surface area contributed by atoms with E-state index < -0.39 is 11.9 Å². The van der Waals surface area contributed by atoms with Gasteiger partial charge in [0.25, 0.3) is 0 Å². The van der Waals surface area contributed by atoms with Crippen molar-refractivity contribution in [2.75, 3.05) is 18.2 Å². The van der Waals surface area contributed by atoms with Crippen LogP contribution in [0.5, 0.6) is 0 Å². The van der Waals surface area contributed by atoms with Gasteiger partial charge in [0.05, 0.1) is 6.61 Å². The predicted molar refractivity (Wildman–Crippen MR) is 72.8 cm³/mol. The molecule has 0 aromatic carbocycles. The number of anilines is 1. The average Bonchev–Trinajstić information content (AvgIpc) is 2.55. The first kappa shape index (κ1) is 14.7. The van der Waals surface area contributed by atoms with Crippen molar-refractivity contribution in [3.63, 3.8) is 0 Å². The van der Waals surface area contributed by atoms with E-state index in [1.807, 2.05) is 0 Å². The molecule has 5 nitrogen and oxygen atoms in total. The van der Waals surface area contributed by atoms with Gasteiger partial charge in [-0.05, 0) is 25.0 Å². The van der Waals surface area contributed by atoms with E-state index in [4.69, 9.17) is 4.84 Å². The van der Waals surface area contributed by atoms with Crippen LogP contribution in [-0.4, -0.2) is 28.1 Å². The van der Waals surface area contributed by atoms with Gasteiger partial charge in [0.2, 0.25) is 0 Å². The van der Waals surface area contributed by atoms with E-state index in [0.717, 1.165) is 18.9 Å². The summed E-state index contributed by atoms with van der Waals surface area (Å²) in [4.78, 5) is 17.1. The fraction of sp³-hybridized carbons (Fsp3) is 0.357. The van der Waals surface area contributed by atoms with Crippen LogP contribution in [0.4, 0.5) is 19.0 Å². The number of pyridine rings is 1. The number of hydrogen-bond acceptors (Lipinski definition) is 5. The molecule has 1 aliphatic rings. The zero-order chi connectivity index (χ0) is 15.6. The third kappa shape index (κ3) is 3.16. The van der Waals surface area contributed by atoms with Crippen molar-refractivity contribution in [2.24, 2.45) is 0 Å². The lowest BCUT2D eigenvalue weighted by Gasteiger charge is -2.27. The summed E-state index contributed by atoms with van der Waals surface area (Å²) in [7, 11) is 0. The minimum absolute atomic E-state index is 0.0212. The Morgan fingerprint density at radius 3 is 2.68 bits per heavy atom. The van der Waals surface area contributed by atoms with E-state index in [2.05, 4.69) is 15.0 Å². The third-order valence-electron chi connectivity index (χ3n) is 3.18. The van der Waals surface area contributed by atoms with E-state index in [0.29, 0.717) is 18.7 Å². The van der Waals surface area contributed by atoms with Gasteiger partial charge in [0.15, 0.2) is 17.3 Å². The number of hydroxylamine groups is 1. The zero-order valence-corrected chi connectivity index (χ0v) is 11.5. The molecule has 0 radical (unpaired) electrons. The van der Waals surface area contributed by atoms with Gasteiger partial charge in [0.1, 0.15) is 0 Å². The van der Waals surface area contributed by atoms with Crippen molar-refractivity contribution >= 4 is 5.82 Å². The van der Waals surface area contributed by atoms with Crippen LogP contribution in [0.1, 0.15) is 18.5 Å². The van der Waals surface area contributed by atoms with Gasteiger partial charge in [-0.3, -0.25) is 9.82 Å². The summed E-state index contributed by atoms with van der Waals surface area (Å²) in [5.74, 6) is 0.0907. The molecular weight excluding hydrogens is 297 g/mol. The maximum absolute atomic E-state index is 13.1. The molecule has 2 aromatic heterocycles. The summed E-state index contributed by atoms with van der Waals surface area (Å²) in [6, 6.07) is 4.14. The summed E-state index contributed by atoms with van der Waals surface area (Å²) in [6.45, 7) is 0.967. The molecule has 1 fully saturated rings. The number of rotatable bonds is 2. The van der Waals surface area contributed by atoms with Crippen LogP contribution in [0.25, 0.3) is 11.4 Å². The van der Waals surface area contributed by atoms with Crippen LogP contribution in [0.3, 0.4) is 0 Å². The summed E-state index contributed by atoms with van der Waals surface area (Å²) in [5.41, 5.74) is -0.572. The van der Waals surface area contributed by atoms with Crippen LogP contribution < -0.4 is 5.06 Å². The first-order valence-electron chi connectivity index (χ1n) is 6.81. The number of alkyl halides is 3. The SMILES string of the molecule is FC(F)(F)c1cc(N2CCCCO2)nc(-c2cccnc2)n1. The predicted octanol–water partition coefficient (Wildman–Crippen LogP) is 3.09. The Labute approximate surface area is 124 Å². The molecule has 116 valence electrons. The Morgan fingerprint density at radius 2 is 2.05 bits per heavy atom. The molecule has 3 rings (SSSR count). The molecular formula is C14H13F3N4O. The van der Waals surface area contributed by atoms with Crippen LogP contribution >= 0.6 is 0 Å².